The molecule has 0 unspecified atom stereocenters. The van der Waals surface area contributed by atoms with Crippen molar-refractivity contribution in [2.45, 2.75) is 17.4 Å². The lowest BCUT2D eigenvalue weighted by atomic mass is 10.3. The van der Waals surface area contributed by atoms with Crippen LogP contribution in [-0.2, 0) is 4.79 Å². The fourth-order valence-corrected chi connectivity index (χ4v) is 1.12. The number of primary amides is 1. The van der Waals surface area contributed by atoms with Gasteiger partial charge in [-0.15, -0.1) is 11.8 Å². The molecule has 1 aliphatic rings. The molecule has 1 rings (SSSR count). The topological polar surface area (TPSA) is 43.1 Å². The smallest absolute Gasteiger partial charge is 0.231 e. The van der Waals surface area contributed by atoms with E-state index in [1.807, 2.05) is 6.92 Å². The van der Waals surface area contributed by atoms with Gasteiger partial charge in [-0.1, -0.05) is 6.92 Å². The molecule has 0 spiro atoms. The average Bonchev–Trinajstić information content (AvgIpc) is 2.17. The Morgan fingerprint density at radius 3 is 2.29 bits per heavy atom. The van der Waals surface area contributed by atoms with E-state index in [1.54, 1.807) is 11.8 Å². The Labute approximate surface area is 46.5 Å². The largest absolute Gasteiger partial charge is 0.369 e. The van der Waals surface area contributed by atoms with Crippen LogP contribution in [0.15, 0.2) is 0 Å². The second-order valence-electron chi connectivity index (χ2n) is 1.66. The van der Waals surface area contributed by atoms with Crippen molar-refractivity contribution in [1.29, 1.82) is 0 Å². The van der Waals surface area contributed by atoms with Gasteiger partial charge < -0.3 is 5.73 Å². The van der Waals surface area contributed by atoms with Gasteiger partial charge in [-0.05, 0) is 0 Å². The molecule has 0 saturated carbocycles. The first-order chi connectivity index (χ1) is 3.22. The number of hydrogen-bond acceptors (Lipinski definition) is 2. The van der Waals surface area contributed by atoms with Crippen molar-refractivity contribution in [3.05, 3.63) is 0 Å². The zero-order valence-electron chi connectivity index (χ0n) is 4.05. The first-order valence-electron chi connectivity index (χ1n) is 2.16. The van der Waals surface area contributed by atoms with Crippen LogP contribution in [0.25, 0.3) is 0 Å². The van der Waals surface area contributed by atoms with Crippen LogP contribution in [0.5, 0.6) is 0 Å². The molecule has 0 aromatic heterocycles. The molecule has 3 heteroatoms. The molecule has 40 valence electrons. The number of amides is 1. The quantitative estimate of drug-likeness (QED) is 0.490. The van der Waals surface area contributed by atoms with Crippen LogP contribution >= 0.6 is 11.8 Å². The van der Waals surface area contributed by atoms with Crippen molar-refractivity contribution in [2.24, 2.45) is 5.73 Å². The van der Waals surface area contributed by atoms with E-state index in [0.29, 0.717) is 5.25 Å². The number of carbonyl (C=O) groups is 1. The van der Waals surface area contributed by atoms with E-state index >= 15 is 0 Å². The molecule has 1 amide bonds. The van der Waals surface area contributed by atoms with Crippen molar-refractivity contribution in [3.63, 3.8) is 0 Å². The van der Waals surface area contributed by atoms with Gasteiger partial charge in [0, 0.05) is 5.25 Å². The number of nitrogens with two attached hydrogens (primary N) is 1. The van der Waals surface area contributed by atoms with Crippen LogP contribution in [0.3, 0.4) is 0 Å². The number of hydrogen-bond donors (Lipinski definition) is 1. The fourth-order valence-electron chi connectivity index (χ4n) is 0.484. The maximum Gasteiger partial charge on any atom is 0.231 e. The maximum atomic E-state index is 10.2. The molecule has 0 bridgehead atoms. The van der Waals surface area contributed by atoms with Crippen LogP contribution in [-0.4, -0.2) is 16.4 Å². The van der Waals surface area contributed by atoms with Crippen LogP contribution in [0.2, 0.25) is 0 Å². The van der Waals surface area contributed by atoms with Gasteiger partial charge in [0.25, 0.3) is 0 Å². The zero-order valence-corrected chi connectivity index (χ0v) is 4.87. The molecule has 2 N–H and O–H groups in total. The molecular formula is C4H7NOS. The summed E-state index contributed by atoms with van der Waals surface area (Å²) < 4.78 is 0. The van der Waals surface area contributed by atoms with E-state index in [1.165, 1.54) is 0 Å². The monoisotopic (exact) mass is 117 g/mol. The van der Waals surface area contributed by atoms with Crippen LogP contribution < -0.4 is 5.73 Å². The van der Waals surface area contributed by atoms with Gasteiger partial charge in [-0.3, -0.25) is 4.79 Å². The molecule has 2 atom stereocenters. The summed E-state index contributed by atoms with van der Waals surface area (Å²) in [6, 6.07) is 0. The predicted octanol–water partition coefficient (Wildman–Crippen LogP) is -0.0244. The molecule has 7 heavy (non-hydrogen) atoms. The van der Waals surface area contributed by atoms with Gasteiger partial charge in [0.1, 0.15) is 0 Å². The van der Waals surface area contributed by atoms with Gasteiger partial charge in [0.05, 0.1) is 5.25 Å². The predicted molar refractivity (Wildman–Crippen MR) is 30.0 cm³/mol. The lowest BCUT2D eigenvalue weighted by Crippen LogP contribution is -2.18. The van der Waals surface area contributed by atoms with E-state index in [4.69, 9.17) is 5.73 Å². The molecule has 0 aromatic rings. The SMILES string of the molecule is C[C@@H]1S[C@@H]1C(N)=O. The van der Waals surface area contributed by atoms with Crippen molar-refractivity contribution < 1.29 is 4.79 Å². The minimum absolute atomic E-state index is 0.125. The number of carbonyl (C=O) groups excluding carboxylic acids is 1. The summed E-state index contributed by atoms with van der Waals surface area (Å²) in [7, 11) is 0. The molecule has 2 nitrogen and oxygen atoms in total. The third-order valence-corrected chi connectivity index (χ3v) is 2.31. The highest BCUT2D eigenvalue weighted by Gasteiger charge is 2.38. The Bertz CT molecular complexity index is 104. The van der Waals surface area contributed by atoms with Crippen LogP contribution in [0.1, 0.15) is 6.92 Å². The minimum Gasteiger partial charge on any atom is -0.369 e. The van der Waals surface area contributed by atoms with Crippen LogP contribution in [0, 0.1) is 0 Å². The molecule has 1 heterocycles. The minimum atomic E-state index is -0.169. The van der Waals surface area contributed by atoms with E-state index in [9.17, 15) is 4.79 Å². The summed E-state index contributed by atoms with van der Waals surface area (Å²) >= 11 is 1.62. The van der Waals surface area contributed by atoms with Gasteiger partial charge in [0.2, 0.25) is 5.91 Å². The summed E-state index contributed by atoms with van der Waals surface area (Å²) in [5.41, 5.74) is 4.93. The first kappa shape index (κ1) is 4.97. The van der Waals surface area contributed by atoms with Gasteiger partial charge >= 0.3 is 0 Å². The second-order valence-corrected chi connectivity index (χ2v) is 3.19. The maximum absolute atomic E-state index is 10.2. The average molecular weight is 117 g/mol. The summed E-state index contributed by atoms with van der Waals surface area (Å²) in [6.45, 7) is 2.00. The fraction of sp³-hybridized carbons (Fsp3) is 0.750. The molecule has 0 aliphatic carbocycles. The number of thioether (sulfide) groups is 1. The van der Waals surface area contributed by atoms with E-state index in [2.05, 4.69) is 0 Å². The molecule has 0 aromatic carbocycles. The highest BCUT2D eigenvalue weighted by molar-refractivity contribution is 8.08. The standard InChI is InChI=1S/C4H7NOS/c1-2-3(7-2)4(5)6/h2-3H,1H3,(H2,5,6)/t2-,3-/m0/s1. The summed E-state index contributed by atoms with van der Waals surface area (Å²) in [6.07, 6.45) is 0. The molecule has 1 fully saturated rings. The molecular weight excluding hydrogens is 110 g/mol. The first-order valence-corrected chi connectivity index (χ1v) is 3.11. The Balaban J connectivity index is 2.33. The third kappa shape index (κ3) is 0.881. The van der Waals surface area contributed by atoms with Crippen molar-refractivity contribution in [3.8, 4) is 0 Å². The normalized spacial score (nSPS) is 37.9. The summed E-state index contributed by atoms with van der Waals surface area (Å²) in [5, 5.41) is 0.609. The highest BCUT2D eigenvalue weighted by atomic mass is 32.2. The van der Waals surface area contributed by atoms with Gasteiger partial charge in [-0.25, -0.2) is 0 Å². The number of rotatable bonds is 1. The molecule has 1 aliphatic heterocycles. The third-order valence-electron chi connectivity index (χ3n) is 0.991. The molecule has 0 radical (unpaired) electrons. The van der Waals surface area contributed by atoms with E-state index in [0.717, 1.165) is 0 Å². The Hall–Kier alpha value is -0.180. The van der Waals surface area contributed by atoms with Gasteiger partial charge in [-0.2, -0.15) is 0 Å². The zero-order chi connectivity index (χ0) is 5.44. The molecule has 1 saturated heterocycles. The summed E-state index contributed by atoms with van der Waals surface area (Å²) in [4.78, 5) is 10.2. The van der Waals surface area contributed by atoms with E-state index < -0.39 is 0 Å². The Morgan fingerprint density at radius 1 is 1.86 bits per heavy atom. The second kappa shape index (κ2) is 1.40. The van der Waals surface area contributed by atoms with E-state index in [-0.39, 0.29) is 11.2 Å². The van der Waals surface area contributed by atoms with Crippen molar-refractivity contribution in [1.82, 2.24) is 0 Å². The van der Waals surface area contributed by atoms with Crippen LogP contribution in [0.4, 0.5) is 0 Å². The van der Waals surface area contributed by atoms with Crippen molar-refractivity contribution in [2.75, 3.05) is 0 Å². The Kier molecular flexibility index (Phi) is 0.995. The van der Waals surface area contributed by atoms with Crippen molar-refractivity contribution >= 4 is 17.7 Å². The lowest BCUT2D eigenvalue weighted by Gasteiger charge is -1.78. The highest BCUT2D eigenvalue weighted by Crippen LogP contribution is 2.39. The lowest BCUT2D eigenvalue weighted by molar-refractivity contribution is -0.116. The van der Waals surface area contributed by atoms with Gasteiger partial charge in [0.15, 0.2) is 0 Å². The Morgan fingerprint density at radius 2 is 2.29 bits per heavy atom. The summed E-state index contributed by atoms with van der Waals surface area (Å²) in [5.74, 6) is -0.169.